The summed E-state index contributed by atoms with van der Waals surface area (Å²) in [6.07, 6.45) is 0. The first-order valence-corrected chi connectivity index (χ1v) is 4.65. The molecule has 15 heavy (non-hydrogen) atoms. The van der Waals surface area contributed by atoms with E-state index in [0.29, 0.717) is 11.1 Å². The highest BCUT2D eigenvalue weighted by Gasteiger charge is 2.06. The van der Waals surface area contributed by atoms with Gasteiger partial charge in [-0.2, -0.15) is 0 Å². The molecule has 1 aromatic rings. The van der Waals surface area contributed by atoms with Crippen LogP contribution in [0.25, 0.3) is 0 Å². The van der Waals surface area contributed by atoms with Crippen molar-refractivity contribution in [3.63, 3.8) is 0 Å². The van der Waals surface area contributed by atoms with Gasteiger partial charge in [0.15, 0.2) is 11.6 Å². The summed E-state index contributed by atoms with van der Waals surface area (Å²) in [5.41, 5.74) is 2.14. The summed E-state index contributed by atoms with van der Waals surface area (Å²) in [7, 11) is 0. The fourth-order valence-corrected chi connectivity index (χ4v) is 1.22. The van der Waals surface area contributed by atoms with Gasteiger partial charge in [0.2, 0.25) is 0 Å². The fraction of sp³-hybridized carbons (Fsp3) is 0.231. The first kappa shape index (κ1) is 13.3. The third-order valence-electron chi connectivity index (χ3n) is 2.02. The van der Waals surface area contributed by atoms with E-state index in [9.17, 15) is 9.59 Å². The van der Waals surface area contributed by atoms with Crippen molar-refractivity contribution in [3.8, 4) is 0 Å². The number of carbonyl (C=O) groups excluding carboxylic acids is 2. The van der Waals surface area contributed by atoms with Gasteiger partial charge in [0.1, 0.15) is 0 Å². The van der Waals surface area contributed by atoms with Crippen LogP contribution in [0.3, 0.4) is 0 Å². The van der Waals surface area contributed by atoms with E-state index in [0.717, 1.165) is 5.56 Å². The maximum absolute atomic E-state index is 11.1. The smallest absolute Gasteiger partial charge is 0.160 e. The molecule has 0 aliphatic carbocycles. The summed E-state index contributed by atoms with van der Waals surface area (Å²) in [6.45, 7) is 10.9. The van der Waals surface area contributed by atoms with Crippen molar-refractivity contribution in [2.45, 2.75) is 20.8 Å². The summed E-state index contributed by atoms with van der Waals surface area (Å²) in [6, 6.07) is 5.19. The summed E-state index contributed by atoms with van der Waals surface area (Å²) < 4.78 is 0. The van der Waals surface area contributed by atoms with Gasteiger partial charge in [0.25, 0.3) is 0 Å². The third kappa shape index (κ3) is 3.50. The molecule has 1 rings (SSSR count). The molecular weight excluding hydrogens is 188 g/mol. The summed E-state index contributed by atoms with van der Waals surface area (Å²) in [5, 5.41) is 0. The van der Waals surface area contributed by atoms with E-state index >= 15 is 0 Å². The maximum Gasteiger partial charge on any atom is 0.160 e. The Morgan fingerprint density at radius 1 is 1.07 bits per heavy atom. The van der Waals surface area contributed by atoms with Crippen LogP contribution in [0.2, 0.25) is 0 Å². The molecule has 0 aliphatic rings. The molecular formula is C13H16O2. The van der Waals surface area contributed by atoms with E-state index in [4.69, 9.17) is 0 Å². The first-order chi connectivity index (χ1) is 7.02. The van der Waals surface area contributed by atoms with Crippen molar-refractivity contribution in [3.05, 3.63) is 48.0 Å². The van der Waals surface area contributed by atoms with E-state index in [2.05, 4.69) is 13.2 Å². The molecule has 0 spiro atoms. The predicted octanol–water partition coefficient (Wildman–Crippen LogP) is 3.20. The zero-order valence-electron chi connectivity index (χ0n) is 9.46. The topological polar surface area (TPSA) is 34.1 Å². The first-order valence-electron chi connectivity index (χ1n) is 4.65. The Labute approximate surface area is 90.6 Å². The summed E-state index contributed by atoms with van der Waals surface area (Å²) in [4.78, 5) is 22.1. The Balaban J connectivity index is 0.000000921. The van der Waals surface area contributed by atoms with Crippen molar-refractivity contribution in [2.24, 2.45) is 0 Å². The Morgan fingerprint density at radius 3 is 2.00 bits per heavy atom. The van der Waals surface area contributed by atoms with Gasteiger partial charge in [-0.05, 0) is 32.4 Å². The molecule has 0 N–H and O–H groups in total. The van der Waals surface area contributed by atoms with E-state index in [1.54, 1.807) is 18.2 Å². The molecule has 1 aromatic carbocycles. The summed E-state index contributed by atoms with van der Waals surface area (Å²) >= 11 is 0. The van der Waals surface area contributed by atoms with Crippen molar-refractivity contribution in [1.82, 2.24) is 0 Å². The summed E-state index contributed by atoms with van der Waals surface area (Å²) in [5.74, 6) is -0.0110. The second kappa shape index (κ2) is 5.91. The van der Waals surface area contributed by atoms with Crippen LogP contribution in [0.5, 0.6) is 0 Å². The number of rotatable bonds is 2. The quantitative estimate of drug-likeness (QED) is 0.547. The zero-order valence-corrected chi connectivity index (χ0v) is 9.46. The lowest BCUT2D eigenvalue weighted by Crippen LogP contribution is -2.00. The van der Waals surface area contributed by atoms with Crippen LogP contribution in [0.15, 0.2) is 31.4 Å². The monoisotopic (exact) mass is 204 g/mol. The maximum atomic E-state index is 11.1. The highest BCUT2D eigenvalue weighted by atomic mass is 16.1. The average molecular weight is 204 g/mol. The molecule has 0 bridgehead atoms. The van der Waals surface area contributed by atoms with Gasteiger partial charge in [-0.3, -0.25) is 9.59 Å². The van der Waals surface area contributed by atoms with Gasteiger partial charge < -0.3 is 0 Å². The second-order valence-electron chi connectivity index (χ2n) is 3.14. The molecule has 2 heteroatoms. The largest absolute Gasteiger partial charge is 0.295 e. The van der Waals surface area contributed by atoms with Crippen LogP contribution in [0.1, 0.15) is 40.1 Å². The molecule has 0 radical (unpaired) electrons. The molecule has 0 unspecified atom stereocenters. The van der Waals surface area contributed by atoms with Gasteiger partial charge in [0, 0.05) is 11.1 Å². The molecule has 0 atom stereocenters. The lowest BCUT2D eigenvalue weighted by molar-refractivity contribution is 0.101. The SMILES string of the molecule is C=C.CC(=O)c1ccc(C)c(C(C)=O)c1. The van der Waals surface area contributed by atoms with Crippen LogP contribution in [0, 0.1) is 6.92 Å². The van der Waals surface area contributed by atoms with Crippen molar-refractivity contribution in [1.29, 1.82) is 0 Å². The Hall–Kier alpha value is -1.70. The minimum Gasteiger partial charge on any atom is -0.295 e. The van der Waals surface area contributed by atoms with Gasteiger partial charge in [-0.25, -0.2) is 0 Å². The Bertz CT molecular complexity index is 378. The van der Waals surface area contributed by atoms with Crippen LogP contribution < -0.4 is 0 Å². The number of hydrogen-bond acceptors (Lipinski definition) is 2. The minimum atomic E-state index is -0.0116. The molecule has 0 amide bonds. The van der Waals surface area contributed by atoms with E-state index in [-0.39, 0.29) is 11.6 Å². The lowest BCUT2D eigenvalue weighted by atomic mass is 10.0. The van der Waals surface area contributed by atoms with Crippen molar-refractivity contribution in [2.75, 3.05) is 0 Å². The number of benzene rings is 1. The number of aryl methyl sites for hydroxylation is 1. The van der Waals surface area contributed by atoms with E-state index in [1.165, 1.54) is 13.8 Å². The molecule has 0 fully saturated rings. The van der Waals surface area contributed by atoms with Crippen LogP contribution in [0.4, 0.5) is 0 Å². The van der Waals surface area contributed by atoms with Gasteiger partial charge in [-0.1, -0.05) is 12.1 Å². The van der Waals surface area contributed by atoms with Crippen LogP contribution in [-0.2, 0) is 0 Å². The van der Waals surface area contributed by atoms with Gasteiger partial charge in [0.05, 0.1) is 0 Å². The number of hydrogen-bond donors (Lipinski definition) is 0. The lowest BCUT2D eigenvalue weighted by Gasteiger charge is -2.03. The number of carbonyl (C=O) groups is 2. The fourth-order valence-electron chi connectivity index (χ4n) is 1.22. The Morgan fingerprint density at radius 2 is 1.60 bits per heavy atom. The normalized spacial score (nSPS) is 8.73. The number of Topliss-reactive ketones (excluding diaryl/α,β-unsaturated/α-hetero) is 2. The molecule has 0 aromatic heterocycles. The zero-order chi connectivity index (χ0) is 12.0. The average Bonchev–Trinajstić information content (AvgIpc) is 2.20. The second-order valence-corrected chi connectivity index (χ2v) is 3.14. The predicted molar refractivity (Wildman–Crippen MR) is 62.4 cm³/mol. The third-order valence-corrected chi connectivity index (χ3v) is 2.02. The molecule has 0 aliphatic heterocycles. The van der Waals surface area contributed by atoms with Gasteiger partial charge >= 0.3 is 0 Å². The van der Waals surface area contributed by atoms with Crippen LogP contribution in [-0.4, -0.2) is 11.6 Å². The molecule has 0 heterocycles. The highest BCUT2D eigenvalue weighted by molar-refractivity contribution is 6.00. The van der Waals surface area contributed by atoms with E-state index < -0.39 is 0 Å². The molecule has 0 saturated heterocycles. The molecule has 0 saturated carbocycles. The highest BCUT2D eigenvalue weighted by Crippen LogP contribution is 2.12. The molecule has 80 valence electrons. The van der Waals surface area contributed by atoms with Gasteiger partial charge in [-0.15, -0.1) is 13.2 Å². The minimum absolute atomic E-state index is 0.000556. The van der Waals surface area contributed by atoms with E-state index in [1.807, 2.05) is 6.92 Å². The number of ketones is 2. The van der Waals surface area contributed by atoms with Crippen molar-refractivity contribution < 1.29 is 9.59 Å². The molecule has 2 nitrogen and oxygen atoms in total. The Kier molecular flexibility index (Phi) is 5.24. The van der Waals surface area contributed by atoms with Crippen molar-refractivity contribution >= 4 is 11.6 Å². The standard InChI is InChI=1S/C11H12O2.C2H4/c1-7-4-5-10(8(2)12)6-11(7)9(3)13;1-2/h4-6H,1-3H3;1-2H2. The van der Waals surface area contributed by atoms with Crippen LogP contribution >= 0.6 is 0 Å².